The van der Waals surface area contributed by atoms with Crippen LogP contribution in [0.4, 0.5) is 4.79 Å². The molecule has 1 aliphatic heterocycles. The van der Waals surface area contributed by atoms with Crippen molar-refractivity contribution in [3.63, 3.8) is 0 Å². The third kappa shape index (κ3) is 3.98. The zero-order valence-corrected chi connectivity index (χ0v) is 10.0. The van der Waals surface area contributed by atoms with E-state index < -0.39 is 22.0 Å². The Labute approximate surface area is 129 Å². The number of hydrogen-bond donors (Lipinski definition) is 1. The number of benzene rings is 1. The number of nitrogens with zero attached hydrogens (tertiary/aromatic N) is 1. The summed E-state index contributed by atoms with van der Waals surface area (Å²) in [6.07, 6.45) is -0.457. The number of amides is 1. The molecule has 1 heterocycles. The van der Waals surface area contributed by atoms with Crippen LogP contribution in [-0.4, -0.2) is 67.3 Å². The van der Waals surface area contributed by atoms with Gasteiger partial charge in [0.25, 0.3) is 0 Å². The van der Waals surface area contributed by atoms with Crippen LogP contribution in [0.2, 0.25) is 0 Å². The molecule has 0 spiro atoms. The number of carbonyl (C=O) groups is 1. The fourth-order valence-electron chi connectivity index (χ4n) is 1.55. The topological polar surface area (TPSA) is 63.7 Å². The molecule has 0 unspecified atom stereocenters. The van der Waals surface area contributed by atoms with Crippen molar-refractivity contribution in [1.29, 1.82) is 0 Å². The summed E-state index contributed by atoms with van der Waals surface area (Å²) in [4.78, 5) is 12.9. The summed E-state index contributed by atoms with van der Waals surface area (Å²) < 4.78 is 26.2. The van der Waals surface area contributed by atoms with Crippen molar-refractivity contribution >= 4 is 46.4 Å². The number of thiol groups is 1. The molecule has 94 valence electrons. The minimum absolute atomic E-state index is 0. The monoisotopic (exact) mass is 279 g/mol. The van der Waals surface area contributed by atoms with Crippen LogP contribution < -0.4 is 0 Å². The molecule has 5 nitrogen and oxygen atoms in total. The van der Waals surface area contributed by atoms with Gasteiger partial charge in [-0.1, -0.05) is 30.3 Å². The van der Waals surface area contributed by atoms with Gasteiger partial charge in [-0.05, 0) is 5.56 Å². The molecule has 1 aromatic rings. The maximum absolute atomic E-state index is 11.5. The van der Waals surface area contributed by atoms with Crippen molar-refractivity contribution in [2.75, 3.05) is 13.1 Å². The summed E-state index contributed by atoms with van der Waals surface area (Å²) >= 11 is 0. The Bertz CT molecular complexity index is 463. The first kappa shape index (κ1) is 15.5. The number of hydrogen-bond acceptors (Lipinski definition) is 4. The molecular formula is C11H14NNaO4S. The van der Waals surface area contributed by atoms with Gasteiger partial charge in [0.15, 0.2) is 0 Å². The normalized spacial score (nSPS) is 14.8. The van der Waals surface area contributed by atoms with Gasteiger partial charge in [0.1, 0.15) is 17.3 Å². The van der Waals surface area contributed by atoms with E-state index in [0.29, 0.717) is 0 Å². The summed E-state index contributed by atoms with van der Waals surface area (Å²) in [6, 6.07) is 9.34. The fraction of sp³-hybridized carbons (Fsp3) is 0.364. The molecule has 18 heavy (non-hydrogen) atoms. The van der Waals surface area contributed by atoms with Gasteiger partial charge >= 0.3 is 35.7 Å². The van der Waals surface area contributed by atoms with Crippen LogP contribution in [0.15, 0.2) is 30.3 Å². The maximum atomic E-state index is 11.5. The van der Waals surface area contributed by atoms with E-state index in [-0.39, 0.29) is 49.3 Å². The summed E-state index contributed by atoms with van der Waals surface area (Å²) in [5.41, 5.74) is 0.910. The van der Waals surface area contributed by atoms with E-state index in [0.717, 1.165) is 5.56 Å². The van der Waals surface area contributed by atoms with Crippen molar-refractivity contribution in [1.82, 2.24) is 4.90 Å². The SMILES string of the molecule is O=C(OCc1ccccc1)N1CC([SH](=O)=O)C1.[NaH]. The quantitative estimate of drug-likeness (QED) is 0.623. The molecule has 1 fully saturated rings. The Balaban J connectivity index is 0.00000162. The minimum atomic E-state index is -2.43. The third-order valence-electron chi connectivity index (χ3n) is 2.62. The van der Waals surface area contributed by atoms with E-state index in [9.17, 15) is 13.2 Å². The Morgan fingerprint density at radius 2 is 1.89 bits per heavy atom. The summed E-state index contributed by atoms with van der Waals surface area (Å²) in [6.45, 7) is 0.697. The predicted molar refractivity (Wildman–Crippen MR) is 69.5 cm³/mol. The first-order valence-corrected chi connectivity index (χ1v) is 6.50. The number of rotatable bonds is 3. The Morgan fingerprint density at radius 3 is 2.44 bits per heavy atom. The standard InChI is InChI=1S/C11H13NO4S.Na.H/c13-11(12-6-10(7-12)17(14)15)16-8-9-4-2-1-3-5-9;;/h1-5,10,17H,6-8H2;;. The van der Waals surface area contributed by atoms with E-state index in [1.54, 1.807) is 0 Å². The predicted octanol–water partition coefficient (Wildman–Crippen LogP) is -0.0297. The van der Waals surface area contributed by atoms with E-state index >= 15 is 0 Å². The molecule has 1 aliphatic rings. The van der Waals surface area contributed by atoms with Crippen LogP contribution in [0.25, 0.3) is 0 Å². The van der Waals surface area contributed by atoms with Crippen molar-refractivity contribution in [2.45, 2.75) is 11.9 Å². The van der Waals surface area contributed by atoms with Gasteiger partial charge in [0.05, 0.1) is 5.25 Å². The van der Waals surface area contributed by atoms with Gasteiger partial charge in [0, 0.05) is 13.1 Å². The molecule has 0 N–H and O–H groups in total. The van der Waals surface area contributed by atoms with Gasteiger partial charge < -0.3 is 9.64 Å². The van der Waals surface area contributed by atoms with Gasteiger partial charge in [-0.15, -0.1) is 0 Å². The van der Waals surface area contributed by atoms with Crippen LogP contribution in [-0.2, 0) is 22.0 Å². The molecule has 0 aromatic heterocycles. The summed E-state index contributed by atoms with van der Waals surface area (Å²) in [7, 11) is -2.43. The van der Waals surface area contributed by atoms with Crippen molar-refractivity contribution in [2.24, 2.45) is 0 Å². The Kier molecular flexibility index (Phi) is 6.14. The van der Waals surface area contributed by atoms with Crippen LogP contribution in [0.5, 0.6) is 0 Å². The zero-order chi connectivity index (χ0) is 12.3. The molecule has 0 radical (unpaired) electrons. The number of ether oxygens (including phenoxy) is 1. The molecular weight excluding hydrogens is 265 g/mol. The second kappa shape index (κ2) is 7.13. The average molecular weight is 279 g/mol. The first-order valence-electron chi connectivity index (χ1n) is 5.26. The van der Waals surface area contributed by atoms with E-state index in [1.807, 2.05) is 30.3 Å². The Hall–Kier alpha value is -0.560. The summed E-state index contributed by atoms with van der Waals surface area (Å²) in [5, 5.41) is -0.408. The molecule has 1 amide bonds. The van der Waals surface area contributed by atoms with Crippen LogP contribution >= 0.6 is 0 Å². The van der Waals surface area contributed by atoms with Gasteiger partial charge in [-0.3, -0.25) is 0 Å². The molecule has 0 bridgehead atoms. The molecule has 2 rings (SSSR count). The molecule has 1 aromatic carbocycles. The van der Waals surface area contributed by atoms with Crippen LogP contribution in [0.1, 0.15) is 5.56 Å². The van der Waals surface area contributed by atoms with Crippen LogP contribution in [0.3, 0.4) is 0 Å². The van der Waals surface area contributed by atoms with E-state index in [1.165, 1.54) is 4.90 Å². The van der Waals surface area contributed by atoms with E-state index in [4.69, 9.17) is 4.74 Å². The zero-order valence-electron chi connectivity index (χ0n) is 9.11. The van der Waals surface area contributed by atoms with Crippen molar-refractivity contribution < 1.29 is 17.9 Å². The number of likely N-dealkylation sites (tertiary alicyclic amines) is 1. The second-order valence-corrected chi connectivity index (χ2v) is 5.19. The van der Waals surface area contributed by atoms with Gasteiger partial charge in [0.2, 0.25) is 0 Å². The van der Waals surface area contributed by atoms with E-state index in [2.05, 4.69) is 0 Å². The first-order chi connectivity index (χ1) is 8.16. The number of carbonyl (C=O) groups excluding carboxylic acids is 1. The van der Waals surface area contributed by atoms with Crippen molar-refractivity contribution in [3.05, 3.63) is 35.9 Å². The third-order valence-corrected chi connectivity index (χ3v) is 3.55. The second-order valence-electron chi connectivity index (χ2n) is 3.88. The molecule has 1 saturated heterocycles. The molecule has 0 atom stereocenters. The molecule has 0 saturated carbocycles. The molecule has 0 aliphatic carbocycles. The fourth-order valence-corrected chi connectivity index (χ4v) is 2.21. The van der Waals surface area contributed by atoms with Crippen molar-refractivity contribution in [3.8, 4) is 0 Å². The summed E-state index contributed by atoms with van der Waals surface area (Å²) in [5.74, 6) is 0. The average Bonchev–Trinajstić information content (AvgIpc) is 2.25. The van der Waals surface area contributed by atoms with Gasteiger partial charge in [-0.25, -0.2) is 13.2 Å². The van der Waals surface area contributed by atoms with Crippen LogP contribution in [0, 0.1) is 0 Å². The van der Waals surface area contributed by atoms with Gasteiger partial charge in [-0.2, -0.15) is 0 Å². The molecule has 7 heteroatoms. The Morgan fingerprint density at radius 1 is 1.28 bits per heavy atom.